The van der Waals surface area contributed by atoms with Crippen LogP contribution in [0.4, 0.5) is 5.69 Å². The van der Waals surface area contributed by atoms with E-state index in [0.717, 1.165) is 17.0 Å². The van der Waals surface area contributed by atoms with E-state index in [9.17, 15) is 4.79 Å². The molecule has 3 N–H and O–H groups in total. The molecule has 2 aromatic rings. The van der Waals surface area contributed by atoms with Crippen molar-refractivity contribution in [1.82, 2.24) is 0 Å². The maximum Gasteiger partial charge on any atom is 0.244 e. The number of hydrogen-bond donors (Lipinski definition) is 2. The number of carbonyl (C=O) groups is 1. The van der Waals surface area contributed by atoms with Gasteiger partial charge in [0.2, 0.25) is 5.91 Å². The van der Waals surface area contributed by atoms with Crippen molar-refractivity contribution in [3.63, 3.8) is 0 Å². The topological polar surface area (TPSA) is 73.6 Å². The summed E-state index contributed by atoms with van der Waals surface area (Å²) in [6, 6.07) is 13.9. The molecule has 0 spiro atoms. The van der Waals surface area contributed by atoms with Crippen LogP contribution in [0.5, 0.6) is 11.5 Å². The van der Waals surface area contributed by atoms with Crippen molar-refractivity contribution >= 4 is 11.6 Å². The van der Waals surface area contributed by atoms with E-state index in [2.05, 4.69) is 5.32 Å². The first-order valence-electron chi connectivity index (χ1n) is 6.48. The number of nitrogens with two attached hydrogens (primary N) is 1. The molecule has 0 saturated heterocycles. The van der Waals surface area contributed by atoms with Gasteiger partial charge in [-0.05, 0) is 42.0 Å². The molecular weight excluding hydrogens is 268 g/mol. The lowest BCUT2D eigenvalue weighted by Gasteiger charge is -2.18. The second-order valence-electron chi connectivity index (χ2n) is 4.48. The van der Waals surface area contributed by atoms with Gasteiger partial charge >= 0.3 is 0 Å². The fourth-order valence-corrected chi connectivity index (χ4v) is 1.99. The van der Waals surface area contributed by atoms with Gasteiger partial charge in [-0.25, -0.2) is 0 Å². The summed E-state index contributed by atoms with van der Waals surface area (Å²) in [4.78, 5) is 11.7. The van der Waals surface area contributed by atoms with Crippen LogP contribution in [0.25, 0.3) is 0 Å². The Morgan fingerprint density at radius 2 is 1.71 bits per heavy atom. The third kappa shape index (κ3) is 3.66. The van der Waals surface area contributed by atoms with Gasteiger partial charge in [-0.1, -0.05) is 12.1 Å². The van der Waals surface area contributed by atoms with Crippen LogP contribution in [0.2, 0.25) is 0 Å². The van der Waals surface area contributed by atoms with Crippen molar-refractivity contribution in [3.05, 3.63) is 54.1 Å². The maximum atomic E-state index is 11.7. The van der Waals surface area contributed by atoms with Gasteiger partial charge in [-0.3, -0.25) is 4.79 Å². The second kappa shape index (κ2) is 6.65. The summed E-state index contributed by atoms with van der Waals surface area (Å²) in [7, 11) is 3.18. The van der Waals surface area contributed by atoms with Crippen LogP contribution in [0, 0.1) is 0 Å². The molecule has 21 heavy (non-hydrogen) atoms. The molecular formula is C16H18N2O3. The molecule has 0 aliphatic rings. The smallest absolute Gasteiger partial charge is 0.244 e. The summed E-state index contributed by atoms with van der Waals surface area (Å²) >= 11 is 0. The van der Waals surface area contributed by atoms with E-state index >= 15 is 0 Å². The minimum atomic E-state index is -0.631. The van der Waals surface area contributed by atoms with Gasteiger partial charge in [0.1, 0.15) is 17.5 Å². The lowest BCUT2D eigenvalue weighted by Crippen LogP contribution is -2.27. The standard InChI is InChI=1S/C16H18N2O3/c1-20-13-8-6-12(7-9-13)18-15(16(17)19)11-4-3-5-14(10-11)21-2/h3-10,15,18H,1-2H3,(H2,17,19). The number of hydrogen-bond acceptors (Lipinski definition) is 4. The Labute approximate surface area is 123 Å². The van der Waals surface area contributed by atoms with Gasteiger partial charge in [0.25, 0.3) is 0 Å². The molecule has 0 radical (unpaired) electrons. The maximum absolute atomic E-state index is 11.7. The molecule has 0 aliphatic heterocycles. The molecule has 0 saturated carbocycles. The van der Waals surface area contributed by atoms with E-state index < -0.39 is 11.9 Å². The first-order valence-corrected chi connectivity index (χ1v) is 6.48. The fraction of sp³-hybridized carbons (Fsp3) is 0.188. The van der Waals surface area contributed by atoms with Crippen LogP contribution in [-0.4, -0.2) is 20.1 Å². The minimum absolute atomic E-state index is 0.459. The summed E-state index contributed by atoms with van der Waals surface area (Å²) in [6.45, 7) is 0. The molecule has 0 aliphatic carbocycles. The van der Waals surface area contributed by atoms with Crippen molar-refractivity contribution in [2.75, 3.05) is 19.5 Å². The Balaban J connectivity index is 2.23. The number of amides is 1. The normalized spacial score (nSPS) is 11.5. The van der Waals surface area contributed by atoms with E-state index in [1.54, 1.807) is 20.3 Å². The number of anilines is 1. The first-order chi connectivity index (χ1) is 10.1. The van der Waals surface area contributed by atoms with E-state index in [-0.39, 0.29) is 0 Å². The number of rotatable bonds is 6. The average molecular weight is 286 g/mol. The highest BCUT2D eigenvalue weighted by atomic mass is 16.5. The Hall–Kier alpha value is -2.69. The fourth-order valence-electron chi connectivity index (χ4n) is 1.99. The third-order valence-electron chi connectivity index (χ3n) is 3.11. The lowest BCUT2D eigenvalue weighted by molar-refractivity contribution is -0.118. The highest BCUT2D eigenvalue weighted by Crippen LogP contribution is 2.24. The Morgan fingerprint density at radius 3 is 2.29 bits per heavy atom. The second-order valence-corrected chi connectivity index (χ2v) is 4.48. The van der Waals surface area contributed by atoms with Crippen LogP contribution in [0.1, 0.15) is 11.6 Å². The van der Waals surface area contributed by atoms with Crippen molar-refractivity contribution in [2.24, 2.45) is 5.73 Å². The summed E-state index contributed by atoms with van der Waals surface area (Å²) in [5, 5.41) is 3.11. The van der Waals surface area contributed by atoms with E-state index in [1.165, 1.54) is 0 Å². The van der Waals surface area contributed by atoms with Crippen LogP contribution >= 0.6 is 0 Å². The Morgan fingerprint density at radius 1 is 1.05 bits per heavy atom. The molecule has 0 fully saturated rings. The number of methoxy groups -OCH3 is 2. The number of carbonyl (C=O) groups excluding carboxylic acids is 1. The zero-order chi connectivity index (χ0) is 15.2. The molecule has 1 amide bonds. The predicted molar refractivity (Wildman–Crippen MR) is 81.5 cm³/mol. The quantitative estimate of drug-likeness (QED) is 0.855. The summed E-state index contributed by atoms with van der Waals surface area (Å²) in [5.74, 6) is 0.965. The molecule has 0 heterocycles. The van der Waals surface area contributed by atoms with Crippen molar-refractivity contribution in [3.8, 4) is 11.5 Å². The highest BCUT2D eigenvalue weighted by molar-refractivity contribution is 5.84. The molecule has 1 unspecified atom stereocenters. The van der Waals surface area contributed by atoms with Gasteiger partial charge in [-0.15, -0.1) is 0 Å². The van der Waals surface area contributed by atoms with Gasteiger partial charge in [-0.2, -0.15) is 0 Å². The average Bonchev–Trinajstić information content (AvgIpc) is 2.53. The van der Waals surface area contributed by atoms with Gasteiger partial charge in [0.05, 0.1) is 14.2 Å². The molecule has 0 bridgehead atoms. The highest BCUT2D eigenvalue weighted by Gasteiger charge is 2.18. The molecule has 110 valence electrons. The zero-order valence-electron chi connectivity index (χ0n) is 12.0. The van der Waals surface area contributed by atoms with Gasteiger partial charge in [0.15, 0.2) is 0 Å². The number of ether oxygens (including phenoxy) is 2. The van der Waals surface area contributed by atoms with Crippen molar-refractivity contribution in [2.45, 2.75) is 6.04 Å². The molecule has 1 atom stereocenters. The Bertz CT molecular complexity index is 611. The van der Waals surface area contributed by atoms with E-state index in [1.807, 2.05) is 42.5 Å². The predicted octanol–water partition coefficient (Wildman–Crippen LogP) is 2.34. The van der Waals surface area contributed by atoms with E-state index in [4.69, 9.17) is 15.2 Å². The van der Waals surface area contributed by atoms with Gasteiger partial charge < -0.3 is 20.5 Å². The number of nitrogens with one attached hydrogen (secondary N) is 1. The number of primary amides is 1. The summed E-state index contributed by atoms with van der Waals surface area (Å²) in [5.41, 5.74) is 7.03. The third-order valence-corrected chi connectivity index (χ3v) is 3.11. The Kier molecular flexibility index (Phi) is 4.66. The van der Waals surface area contributed by atoms with Crippen molar-refractivity contribution < 1.29 is 14.3 Å². The van der Waals surface area contributed by atoms with Crippen LogP contribution < -0.4 is 20.5 Å². The molecule has 5 heteroatoms. The van der Waals surface area contributed by atoms with Crippen LogP contribution in [0.3, 0.4) is 0 Å². The lowest BCUT2D eigenvalue weighted by atomic mass is 10.1. The zero-order valence-corrected chi connectivity index (χ0v) is 12.0. The molecule has 2 aromatic carbocycles. The minimum Gasteiger partial charge on any atom is -0.497 e. The molecule has 5 nitrogen and oxygen atoms in total. The monoisotopic (exact) mass is 286 g/mol. The SMILES string of the molecule is COc1ccc(NC(C(N)=O)c2cccc(OC)c2)cc1. The molecule has 0 aromatic heterocycles. The number of benzene rings is 2. The molecule has 2 rings (SSSR count). The first kappa shape index (κ1) is 14.7. The summed E-state index contributed by atoms with van der Waals surface area (Å²) in [6.07, 6.45) is 0. The van der Waals surface area contributed by atoms with Crippen molar-refractivity contribution in [1.29, 1.82) is 0 Å². The van der Waals surface area contributed by atoms with Crippen LogP contribution in [-0.2, 0) is 4.79 Å². The van der Waals surface area contributed by atoms with E-state index in [0.29, 0.717) is 5.75 Å². The summed E-state index contributed by atoms with van der Waals surface area (Å²) < 4.78 is 10.3. The van der Waals surface area contributed by atoms with Crippen LogP contribution in [0.15, 0.2) is 48.5 Å². The largest absolute Gasteiger partial charge is 0.497 e. The van der Waals surface area contributed by atoms with Gasteiger partial charge in [0, 0.05) is 5.69 Å².